The van der Waals surface area contributed by atoms with Crippen LogP contribution in [0.15, 0.2) is 47.2 Å². The van der Waals surface area contributed by atoms with E-state index in [-0.39, 0.29) is 18.1 Å². The van der Waals surface area contributed by atoms with Gasteiger partial charge in [-0.2, -0.15) is 5.10 Å². The van der Waals surface area contributed by atoms with Gasteiger partial charge in [0, 0.05) is 43.4 Å². The minimum atomic E-state index is -1.66. The molecule has 2 N–H and O–H groups in total. The summed E-state index contributed by atoms with van der Waals surface area (Å²) in [7, 11) is 1.65. The molecule has 0 saturated carbocycles. The van der Waals surface area contributed by atoms with Gasteiger partial charge < -0.3 is 14.5 Å². The Kier molecular flexibility index (Phi) is 3.53. The first kappa shape index (κ1) is 16.6. The van der Waals surface area contributed by atoms with Crippen LogP contribution in [0.4, 0.5) is 0 Å². The number of nitrogens with one attached hydrogen (secondary N) is 1. The van der Waals surface area contributed by atoms with Crippen LogP contribution in [0, 0.1) is 0 Å². The number of amides is 1. The lowest BCUT2D eigenvalue weighted by molar-refractivity contribution is -0.144. The van der Waals surface area contributed by atoms with Crippen molar-refractivity contribution in [1.29, 1.82) is 0 Å². The van der Waals surface area contributed by atoms with Crippen LogP contribution in [0.1, 0.15) is 12.2 Å². The Morgan fingerprint density at radius 1 is 1.25 bits per heavy atom. The number of aliphatic hydroxyl groups is 1. The number of nitrogens with zero attached hydrogens (tertiary/aromatic N) is 5. The lowest BCUT2D eigenvalue weighted by Gasteiger charge is -2.16. The lowest BCUT2D eigenvalue weighted by atomic mass is 9.98. The molecule has 9 heteroatoms. The van der Waals surface area contributed by atoms with Crippen molar-refractivity contribution in [2.45, 2.75) is 12.0 Å². The zero-order chi connectivity index (χ0) is 19.3. The van der Waals surface area contributed by atoms with E-state index in [1.807, 2.05) is 24.3 Å². The fourth-order valence-corrected chi connectivity index (χ4v) is 3.38. The van der Waals surface area contributed by atoms with Crippen molar-refractivity contribution in [2.24, 2.45) is 0 Å². The van der Waals surface area contributed by atoms with Crippen molar-refractivity contribution in [3.8, 4) is 22.6 Å². The quantitative estimate of drug-likeness (QED) is 0.558. The van der Waals surface area contributed by atoms with Crippen molar-refractivity contribution < 1.29 is 14.4 Å². The molecule has 1 aromatic carbocycles. The predicted octanol–water partition coefficient (Wildman–Crippen LogP) is 1.72. The second kappa shape index (κ2) is 5.96. The van der Waals surface area contributed by atoms with E-state index >= 15 is 0 Å². The number of fused-ring (bicyclic) bond motifs is 1. The van der Waals surface area contributed by atoms with Gasteiger partial charge in [0.2, 0.25) is 5.60 Å². The first-order valence-electron chi connectivity index (χ1n) is 8.77. The highest BCUT2D eigenvalue weighted by atomic mass is 16.5. The fourth-order valence-electron chi connectivity index (χ4n) is 3.38. The molecule has 4 heterocycles. The Morgan fingerprint density at radius 3 is 2.93 bits per heavy atom. The molecule has 1 aliphatic heterocycles. The van der Waals surface area contributed by atoms with E-state index in [1.54, 1.807) is 25.5 Å². The van der Waals surface area contributed by atoms with E-state index in [0.29, 0.717) is 23.7 Å². The molecule has 1 amide bonds. The monoisotopic (exact) mass is 376 g/mol. The van der Waals surface area contributed by atoms with Gasteiger partial charge in [-0.3, -0.25) is 9.89 Å². The van der Waals surface area contributed by atoms with Gasteiger partial charge in [0.15, 0.2) is 17.2 Å². The number of rotatable bonds is 3. The third-order valence-corrected chi connectivity index (χ3v) is 5.03. The number of H-pyrrole nitrogens is 1. The molecule has 5 rings (SSSR count). The molecular weight excluding hydrogens is 360 g/mol. The third-order valence-electron chi connectivity index (χ3n) is 5.03. The molecule has 4 aromatic rings. The van der Waals surface area contributed by atoms with Gasteiger partial charge in [0.1, 0.15) is 5.69 Å². The molecule has 9 nitrogen and oxygen atoms in total. The Balaban J connectivity index is 1.50. The molecular formula is C19H16N6O3. The number of likely N-dealkylation sites (N-methyl/N-ethyl adjacent to an activating group) is 1. The SMILES string of the molecule is CN1CCC(O)(c2cc(-c3cccc(-c4ncc5cn[nH]c5n4)c3)no2)C1=O. The topological polar surface area (TPSA) is 121 Å². The molecule has 0 bridgehead atoms. The Morgan fingerprint density at radius 2 is 2.11 bits per heavy atom. The second-order valence-electron chi connectivity index (χ2n) is 6.86. The van der Waals surface area contributed by atoms with Crippen molar-refractivity contribution in [1.82, 2.24) is 30.2 Å². The predicted molar refractivity (Wildman–Crippen MR) is 98.8 cm³/mol. The first-order chi connectivity index (χ1) is 13.5. The maximum atomic E-state index is 12.3. The van der Waals surface area contributed by atoms with Crippen LogP contribution in [-0.2, 0) is 10.4 Å². The number of carbonyl (C=O) groups excluding carboxylic acids is 1. The minimum absolute atomic E-state index is 0.150. The molecule has 3 aromatic heterocycles. The van der Waals surface area contributed by atoms with Crippen molar-refractivity contribution in [2.75, 3.05) is 13.6 Å². The zero-order valence-electron chi connectivity index (χ0n) is 15.0. The number of carbonyl (C=O) groups is 1. The average Bonchev–Trinajstić information content (AvgIpc) is 3.45. The van der Waals surface area contributed by atoms with Gasteiger partial charge in [-0.15, -0.1) is 0 Å². The summed E-state index contributed by atoms with van der Waals surface area (Å²) >= 11 is 0. The van der Waals surface area contributed by atoms with Crippen LogP contribution in [0.5, 0.6) is 0 Å². The van der Waals surface area contributed by atoms with Crippen molar-refractivity contribution in [3.63, 3.8) is 0 Å². The molecule has 1 unspecified atom stereocenters. The van der Waals surface area contributed by atoms with E-state index in [2.05, 4.69) is 25.3 Å². The minimum Gasteiger partial charge on any atom is -0.373 e. The number of hydrogen-bond acceptors (Lipinski definition) is 7. The smallest absolute Gasteiger partial charge is 0.262 e. The summed E-state index contributed by atoms with van der Waals surface area (Å²) in [6.07, 6.45) is 3.65. The lowest BCUT2D eigenvalue weighted by Crippen LogP contribution is -2.35. The van der Waals surface area contributed by atoms with Crippen LogP contribution in [0.3, 0.4) is 0 Å². The number of aromatic nitrogens is 5. The van der Waals surface area contributed by atoms with Crippen LogP contribution in [0.25, 0.3) is 33.7 Å². The summed E-state index contributed by atoms with van der Waals surface area (Å²) in [6, 6.07) is 9.11. The summed E-state index contributed by atoms with van der Waals surface area (Å²) in [6.45, 7) is 0.467. The van der Waals surface area contributed by atoms with Gasteiger partial charge in [0.25, 0.3) is 5.91 Å². The van der Waals surface area contributed by atoms with Crippen molar-refractivity contribution in [3.05, 3.63) is 48.5 Å². The molecule has 1 atom stereocenters. The van der Waals surface area contributed by atoms with Crippen LogP contribution < -0.4 is 0 Å². The summed E-state index contributed by atoms with van der Waals surface area (Å²) in [5.74, 6) is 0.316. The Hall–Kier alpha value is -3.59. The molecule has 1 fully saturated rings. The molecule has 0 radical (unpaired) electrons. The molecule has 28 heavy (non-hydrogen) atoms. The number of benzene rings is 1. The van der Waals surface area contributed by atoms with E-state index < -0.39 is 5.60 Å². The van der Waals surface area contributed by atoms with Gasteiger partial charge >= 0.3 is 0 Å². The fraction of sp³-hybridized carbons (Fsp3) is 0.211. The van der Waals surface area contributed by atoms with E-state index in [9.17, 15) is 9.90 Å². The van der Waals surface area contributed by atoms with E-state index in [4.69, 9.17) is 4.52 Å². The maximum absolute atomic E-state index is 12.3. The highest BCUT2D eigenvalue weighted by Gasteiger charge is 2.48. The largest absolute Gasteiger partial charge is 0.373 e. The summed E-state index contributed by atoms with van der Waals surface area (Å²) in [5.41, 5.74) is 1.09. The second-order valence-corrected chi connectivity index (χ2v) is 6.86. The van der Waals surface area contributed by atoms with Crippen LogP contribution in [-0.4, -0.2) is 54.8 Å². The summed E-state index contributed by atoms with van der Waals surface area (Å²) in [5, 5.41) is 22.4. The number of likely N-dealkylation sites (tertiary alicyclic amines) is 1. The molecule has 0 spiro atoms. The van der Waals surface area contributed by atoms with Gasteiger partial charge in [-0.05, 0) is 6.07 Å². The van der Waals surface area contributed by atoms with Crippen LogP contribution in [0.2, 0.25) is 0 Å². The standard InChI is InChI=1S/C19H16N6O3/c1-25-6-5-19(27,18(25)26)15-8-14(24-28-15)11-3-2-4-12(7-11)16-20-9-13-10-21-23-17(13)22-16/h2-4,7-10,27H,5-6H2,1H3,(H,20,21,22,23). The molecule has 140 valence electrons. The zero-order valence-corrected chi connectivity index (χ0v) is 15.0. The van der Waals surface area contributed by atoms with E-state index in [0.717, 1.165) is 16.5 Å². The van der Waals surface area contributed by atoms with Gasteiger partial charge in [0.05, 0.1) is 11.6 Å². The maximum Gasteiger partial charge on any atom is 0.262 e. The molecule has 1 aliphatic rings. The van der Waals surface area contributed by atoms with Gasteiger partial charge in [-0.1, -0.05) is 23.4 Å². The highest BCUT2D eigenvalue weighted by molar-refractivity contribution is 5.87. The summed E-state index contributed by atoms with van der Waals surface area (Å²) in [4.78, 5) is 22.6. The Labute approximate surface area is 159 Å². The summed E-state index contributed by atoms with van der Waals surface area (Å²) < 4.78 is 5.33. The molecule has 1 saturated heterocycles. The van der Waals surface area contributed by atoms with Crippen molar-refractivity contribution >= 4 is 16.9 Å². The van der Waals surface area contributed by atoms with Crippen LogP contribution >= 0.6 is 0 Å². The number of aromatic amines is 1. The number of hydrogen-bond donors (Lipinski definition) is 2. The normalized spacial score (nSPS) is 19.6. The highest BCUT2D eigenvalue weighted by Crippen LogP contribution is 2.35. The molecule has 0 aliphatic carbocycles. The van der Waals surface area contributed by atoms with E-state index in [1.165, 1.54) is 4.90 Å². The first-order valence-corrected chi connectivity index (χ1v) is 8.77. The third kappa shape index (κ3) is 2.48. The van der Waals surface area contributed by atoms with Gasteiger partial charge in [-0.25, -0.2) is 9.97 Å². The average molecular weight is 376 g/mol. The Bertz CT molecular complexity index is 1200.